The second kappa shape index (κ2) is 9.41. The number of rotatable bonds is 6. The van der Waals surface area contributed by atoms with Crippen molar-refractivity contribution in [3.63, 3.8) is 0 Å². The molecule has 3 N–H and O–H groups in total. The molecule has 0 radical (unpaired) electrons. The fourth-order valence-electron chi connectivity index (χ4n) is 2.39. The molecule has 0 saturated carbocycles. The van der Waals surface area contributed by atoms with Crippen molar-refractivity contribution < 1.29 is 13.9 Å². The molecule has 26 heavy (non-hydrogen) atoms. The summed E-state index contributed by atoms with van der Waals surface area (Å²) < 4.78 is 18.5. The van der Waals surface area contributed by atoms with Crippen LogP contribution in [0.2, 0.25) is 0 Å². The molecule has 0 aliphatic carbocycles. The summed E-state index contributed by atoms with van der Waals surface area (Å²) in [5, 5.41) is 9.06. The van der Waals surface area contributed by atoms with Crippen LogP contribution in [0.25, 0.3) is 0 Å². The first-order chi connectivity index (χ1) is 12.5. The van der Waals surface area contributed by atoms with Crippen molar-refractivity contribution >= 4 is 17.6 Å². The van der Waals surface area contributed by atoms with Gasteiger partial charge >= 0.3 is 0 Å². The summed E-state index contributed by atoms with van der Waals surface area (Å²) in [4.78, 5) is 15.5. The number of ether oxygens (including phenoxy) is 1. The first-order valence-electron chi connectivity index (χ1n) is 8.15. The number of nitrogens with zero attached hydrogens (tertiary/aromatic N) is 1. The highest BCUT2D eigenvalue weighted by Gasteiger charge is 2.07. The summed E-state index contributed by atoms with van der Waals surface area (Å²) in [6.45, 7) is 2.40. The number of amides is 1. The van der Waals surface area contributed by atoms with Crippen LogP contribution in [-0.4, -0.2) is 26.0 Å². The van der Waals surface area contributed by atoms with Gasteiger partial charge in [0, 0.05) is 27.1 Å². The summed E-state index contributed by atoms with van der Waals surface area (Å²) in [6, 6.07) is 11.9. The molecule has 0 fully saturated rings. The van der Waals surface area contributed by atoms with Crippen molar-refractivity contribution in [3.8, 4) is 5.75 Å². The Balaban J connectivity index is 1.96. The molecule has 2 aromatic rings. The predicted molar refractivity (Wildman–Crippen MR) is 101 cm³/mol. The second-order valence-corrected chi connectivity index (χ2v) is 5.63. The maximum Gasteiger partial charge on any atom is 0.221 e. The van der Waals surface area contributed by atoms with E-state index in [2.05, 4.69) is 20.9 Å². The number of nitrogens with one attached hydrogen (secondary N) is 3. The van der Waals surface area contributed by atoms with Gasteiger partial charge in [0.2, 0.25) is 5.91 Å². The van der Waals surface area contributed by atoms with Crippen LogP contribution < -0.4 is 20.7 Å². The van der Waals surface area contributed by atoms with Crippen LogP contribution in [0.1, 0.15) is 18.1 Å². The number of aliphatic imine (C=N–C) groups is 1. The van der Waals surface area contributed by atoms with E-state index in [4.69, 9.17) is 4.74 Å². The second-order valence-electron chi connectivity index (χ2n) is 5.63. The van der Waals surface area contributed by atoms with Gasteiger partial charge in [0.25, 0.3) is 0 Å². The van der Waals surface area contributed by atoms with Gasteiger partial charge in [-0.3, -0.25) is 9.79 Å². The van der Waals surface area contributed by atoms with Crippen LogP contribution in [0.3, 0.4) is 0 Å². The summed E-state index contributed by atoms with van der Waals surface area (Å²) >= 11 is 0. The van der Waals surface area contributed by atoms with E-state index in [9.17, 15) is 9.18 Å². The molecule has 0 saturated heterocycles. The molecule has 0 heterocycles. The highest BCUT2D eigenvalue weighted by Crippen LogP contribution is 2.25. The Kier molecular flexibility index (Phi) is 6.96. The molecular weight excluding hydrogens is 335 g/mol. The van der Waals surface area contributed by atoms with E-state index in [-0.39, 0.29) is 11.7 Å². The van der Waals surface area contributed by atoms with Gasteiger partial charge in [-0.1, -0.05) is 18.2 Å². The molecule has 2 rings (SSSR count). The third kappa shape index (κ3) is 5.77. The van der Waals surface area contributed by atoms with Crippen LogP contribution in [0, 0.1) is 5.82 Å². The molecule has 0 spiro atoms. The maximum absolute atomic E-state index is 13.2. The Labute approximate surface area is 152 Å². The number of hydrogen-bond acceptors (Lipinski definition) is 3. The molecule has 0 aliphatic heterocycles. The lowest BCUT2D eigenvalue weighted by Gasteiger charge is -2.14. The molecule has 7 heteroatoms. The van der Waals surface area contributed by atoms with Gasteiger partial charge in [-0.15, -0.1) is 0 Å². The van der Waals surface area contributed by atoms with Crippen LogP contribution in [0.4, 0.5) is 10.1 Å². The van der Waals surface area contributed by atoms with Crippen molar-refractivity contribution in [3.05, 3.63) is 59.4 Å². The van der Waals surface area contributed by atoms with Gasteiger partial charge in [0.15, 0.2) is 5.96 Å². The highest BCUT2D eigenvalue weighted by atomic mass is 19.1. The SMILES string of the molecule is CN=C(NCc1cccc(F)c1)NCc1ccc(OC)c(NC(C)=O)c1. The molecule has 0 aliphatic rings. The van der Waals surface area contributed by atoms with Gasteiger partial charge in [0.1, 0.15) is 11.6 Å². The van der Waals surface area contributed by atoms with Crippen molar-refractivity contribution in [2.24, 2.45) is 4.99 Å². The summed E-state index contributed by atoms with van der Waals surface area (Å²) in [5.41, 5.74) is 2.38. The average molecular weight is 358 g/mol. The summed E-state index contributed by atoms with van der Waals surface area (Å²) in [7, 11) is 3.22. The third-order valence-electron chi connectivity index (χ3n) is 3.61. The number of benzene rings is 2. The van der Waals surface area contributed by atoms with E-state index < -0.39 is 0 Å². The number of guanidine groups is 1. The largest absolute Gasteiger partial charge is 0.495 e. The third-order valence-corrected chi connectivity index (χ3v) is 3.61. The maximum atomic E-state index is 13.2. The molecular formula is C19H23FN4O2. The molecule has 138 valence electrons. The quantitative estimate of drug-likeness (QED) is 0.548. The zero-order valence-corrected chi connectivity index (χ0v) is 15.1. The normalized spacial score (nSPS) is 11.0. The fraction of sp³-hybridized carbons (Fsp3) is 0.263. The number of anilines is 1. The van der Waals surface area contributed by atoms with Crippen LogP contribution in [0.15, 0.2) is 47.5 Å². The number of hydrogen-bond donors (Lipinski definition) is 3. The molecule has 2 aromatic carbocycles. The van der Waals surface area contributed by atoms with Crippen molar-refractivity contribution in [2.45, 2.75) is 20.0 Å². The molecule has 0 atom stereocenters. The monoisotopic (exact) mass is 358 g/mol. The molecule has 6 nitrogen and oxygen atoms in total. The minimum Gasteiger partial charge on any atom is -0.495 e. The minimum absolute atomic E-state index is 0.166. The Morgan fingerprint density at radius 3 is 2.38 bits per heavy atom. The number of carbonyl (C=O) groups excluding carboxylic acids is 1. The van der Waals surface area contributed by atoms with E-state index in [0.29, 0.717) is 30.5 Å². The first kappa shape index (κ1) is 19.2. The van der Waals surface area contributed by atoms with Gasteiger partial charge in [-0.2, -0.15) is 0 Å². The zero-order chi connectivity index (χ0) is 18.9. The Bertz CT molecular complexity index is 793. The molecule has 0 aromatic heterocycles. The smallest absolute Gasteiger partial charge is 0.221 e. The first-order valence-corrected chi connectivity index (χ1v) is 8.15. The van der Waals surface area contributed by atoms with E-state index in [1.165, 1.54) is 19.1 Å². The van der Waals surface area contributed by atoms with Crippen molar-refractivity contribution in [1.29, 1.82) is 0 Å². The zero-order valence-electron chi connectivity index (χ0n) is 15.1. The van der Waals surface area contributed by atoms with Crippen molar-refractivity contribution in [2.75, 3.05) is 19.5 Å². The van der Waals surface area contributed by atoms with E-state index in [1.54, 1.807) is 26.3 Å². The molecule has 0 unspecified atom stereocenters. The lowest BCUT2D eigenvalue weighted by atomic mass is 10.2. The summed E-state index contributed by atoms with van der Waals surface area (Å²) in [5.74, 6) is 0.751. The lowest BCUT2D eigenvalue weighted by Crippen LogP contribution is -2.36. The Morgan fingerprint density at radius 1 is 1.12 bits per heavy atom. The Hall–Kier alpha value is -3.09. The van der Waals surface area contributed by atoms with E-state index in [1.807, 2.05) is 18.2 Å². The van der Waals surface area contributed by atoms with Gasteiger partial charge in [-0.25, -0.2) is 4.39 Å². The van der Waals surface area contributed by atoms with Crippen LogP contribution >= 0.6 is 0 Å². The van der Waals surface area contributed by atoms with E-state index in [0.717, 1.165) is 11.1 Å². The highest BCUT2D eigenvalue weighted by molar-refractivity contribution is 5.90. The van der Waals surface area contributed by atoms with Gasteiger partial charge in [0.05, 0.1) is 12.8 Å². The predicted octanol–water partition coefficient (Wildman–Crippen LogP) is 2.66. The Morgan fingerprint density at radius 2 is 1.81 bits per heavy atom. The van der Waals surface area contributed by atoms with Crippen LogP contribution in [0.5, 0.6) is 5.75 Å². The van der Waals surface area contributed by atoms with E-state index >= 15 is 0 Å². The average Bonchev–Trinajstić information content (AvgIpc) is 2.61. The minimum atomic E-state index is -0.268. The van der Waals surface area contributed by atoms with Gasteiger partial charge in [-0.05, 0) is 35.4 Å². The number of halogens is 1. The van der Waals surface area contributed by atoms with Crippen molar-refractivity contribution in [1.82, 2.24) is 10.6 Å². The standard InChI is InChI=1S/C19H23FN4O2/c1-13(25)24-17-10-15(7-8-18(17)26-3)12-23-19(21-2)22-11-14-5-4-6-16(20)9-14/h4-10H,11-12H2,1-3H3,(H,24,25)(H2,21,22,23). The van der Waals surface area contributed by atoms with Gasteiger partial charge < -0.3 is 20.7 Å². The lowest BCUT2D eigenvalue weighted by molar-refractivity contribution is -0.114. The summed E-state index contributed by atoms with van der Waals surface area (Å²) in [6.07, 6.45) is 0. The fourth-order valence-corrected chi connectivity index (χ4v) is 2.39. The topological polar surface area (TPSA) is 74.8 Å². The number of methoxy groups -OCH3 is 1. The van der Waals surface area contributed by atoms with Crippen LogP contribution in [-0.2, 0) is 17.9 Å². The molecule has 1 amide bonds. The number of carbonyl (C=O) groups is 1. The molecule has 0 bridgehead atoms.